The van der Waals surface area contributed by atoms with Crippen LogP contribution in [0.15, 0.2) is 78.9 Å². The molecule has 0 bridgehead atoms. The molecular weight excluding hydrogens is 338 g/mol. The maximum Gasteiger partial charge on any atom is 0.205 e. The van der Waals surface area contributed by atoms with Crippen LogP contribution in [-0.2, 0) is 4.74 Å². The van der Waals surface area contributed by atoms with Crippen LogP contribution in [0.1, 0.15) is 39.3 Å². The van der Waals surface area contributed by atoms with Gasteiger partial charge in [-0.3, -0.25) is 4.79 Å². The lowest BCUT2D eigenvalue weighted by Gasteiger charge is -2.31. The second kappa shape index (κ2) is 5.80. The van der Waals surface area contributed by atoms with Crippen LogP contribution in [0.3, 0.4) is 0 Å². The molecule has 1 spiro atoms. The van der Waals surface area contributed by atoms with Crippen molar-refractivity contribution in [3.63, 3.8) is 0 Å². The van der Waals surface area contributed by atoms with Gasteiger partial charge in [0.15, 0.2) is 6.10 Å². The Balaban J connectivity index is 1.62. The number of ketones is 1. The van der Waals surface area contributed by atoms with Crippen molar-refractivity contribution in [2.45, 2.75) is 17.8 Å². The van der Waals surface area contributed by atoms with Crippen LogP contribution in [0.5, 0.6) is 5.75 Å². The molecule has 1 saturated heterocycles. The quantitative estimate of drug-likeness (QED) is 0.641. The third kappa shape index (κ3) is 2.29. The van der Waals surface area contributed by atoms with Crippen LogP contribution in [0.2, 0.25) is 0 Å². The molecule has 3 aromatic rings. The molecule has 2 aliphatic rings. The van der Waals surface area contributed by atoms with Gasteiger partial charge in [0.05, 0.1) is 17.2 Å². The van der Waals surface area contributed by atoms with E-state index in [0.29, 0.717) is 16.9 Å². The fourth-order valence-electron chi connectivity index (χ4n) is 3.83. The summed E-state index contributed by atoms with van der Waals surface area (Å²) >= 11 is 0. The lowest BCUT2D eigenvalue weighted by molar-refractivity contribution is 0.0523. The third-order valence-electron chi connectivity index (χ3n) is 5.21. The van der Waals surface area contributed by atoms with E-state index in [1.165, 1.54) is 0 Å². The third-order valence-corrected chi connectivity index (χ3v) is 5.21. The molecule has 0 aliphatic carbocycles. The second-order valence-electron chi connectivity index (χ2n) is 6.76. The van der Waals surface area contributed by atoms with Crippen molar-refractivity contribution in [1.29, 1.82) is 5.26 Å². The Morgan fingerprint density at radius 3 is 2.22 bits per heavy atom. The highest BCUT2D eigenvalue weighted by atomic mass is 16.6. The van der Waals surface area contributed by atoms with Gasteiger partial charge in [0.2, 0.25) is 11.4 Å². The molecule has 1 fully saturated rings. The molecule has 0 N–H and O–H groups in total. The number of nitriles is 1. The van der Waals surface area contributed by atoms with Gasteiger partial charge in [-0.25, -0.2) is 0 Å². The predicted molar refractivity (Wildman–Crippen MR) is 98.3 cm³/mol. The molecule has 0 unspecified atom stereocenters. The minimum atomic E-state index is -1.08. The molecule has 0 aromatic heterocycles. The summed E-state index contributed by atoms with van der Waals surface area (Å²) in [7, 11) is 0. The lowest BCUT2D eigenvalue weighted by atomic mass is 9.81. The molecule has 3 aromatic carbocycles. The molecule has 27 heavy (non-hydrogen) atoms. The number of carbonyl (C=O) groups excluding carboxylic acids is 1. The van der Waals surface area contributed by atoms with Crippen molar-refractivity contribution in [3.05, 3.63) is 101 Å². The van der Waals surface area contributed by atoms with Crippen LogP contribution >= 0.6 is 0 Å². The van der Waals surface area contributed by atoms with E-state index < -0.39 is 17.8 Å². The fraction of sp³-hybridized carbons (Fsp3) is 0.130. The van der Waals surface area contributed by atoms with E-state index in [2.05, 4.69) is 6.07 Å². The SMILES string of the molecule is N#Cc1ccc([C@@H]2O[C@@]23C(=O)c2ccccc2O[C@H]3c2ccccc2)cc1. The van der Waals surface area contributed by atoms with Crippen molar-refractivity contribution in [3.8, 4) is 11.8 Å². The van der Waals surface area contributed by atoms with E-state index in [-0.39, 0.29) is 5.78 Å². The number of fused-ring (bicyclic) bond motifs is 1. The zero-order valence-electron chi connectivity index (χ0n) is 14.3. The molecule has 5 rings (SSSR count). The first-order valence-corrected chi connectivity index (χ1v) is 8.77. The zero-order valence-corrected chi connectivity index (χ0v) is 14.3. The number of Topliss-reactive ketones (excluding diaryl/α,β-unsaturated/α-hetero) is 1. The van der Waals surface area contributed by atoms with E-state index in [1.807, 2.05) is 60.7 Å². The molecule has 2 heterocycles. The Kier molecular flexibility index (Phi) is 3.40. The van der Waals surface area contributed by atoms with Crippen LogP contribution in [0, 0.1) is 11.3 Å². The minimum absolute atomic E-state index is 0.0624. The number of ether oxygens (including phenoxy) is 2. The Bertz CT molecular complexity index is 1070. The largest absolute Gasteiger partial charge is 0.481 e. The van der Waals surface area contributed by atoms with Crippen molar-refractivity contribution in [1.82, 2.24) is 0 Å². The van der Waals surface area contributed by atoms with Gasteiger partial charge < -0.3 is 9.47 Å². The second-order valence-corrected chi connectivity index (χ2v) is 6.76. The summed E-state index contributed by atoms with van der Waals surface area (Å²) in [5, 5.41) is 9.01. The average Bonchev–Trinajstić information content (AvgIpc) is 3.48. The molecule has 130 valence electrons. The molecule has 4 nitrogen and oxygen atoms in total. The normalized spacial score (nSPS) is 25.4. The molecular formula is C23H15NO3. The highest BCUT2D eigenvalue weighted by Crippen LogP contribution is 2.61. The number of epoxide rings is 1. The van der Waals surface area contributed by atoms with Crippen LogP contribution < -0.4 is 4.74 Å². The lowest BCUT2D eigenvalue weighted by Crippen LogP contribution is -2.40. The van der Waals surface area contributed by atoms with Crippen molar-refractivity contribution in [2.75, 3.05) is 0 Å². The standard InChI is InChI=1S/C23H15NO3/c24-14-15-10-12-17(13-11-15)22-23(27-22)20(25)18-8-4-5-9-19(18)26-21(23)16-6-2-1-3-7-16/h1-13,21-22H/t21-,22-,23+/m0/s1. The average molecular weight is 353 g/mol. The maximum absolute atomic E-state index is 13.4. The zero-order chi connectivity index (χ0) is 18.4. The molecule has 3 atom stereocenters. The first-order valence-electron chi connectivity index (χ1n) is 8.77. The molecule has 0 radical (unpaired) electrons. The summed E-state index contributed by atoms with van der Waals surface area (Å²) in [5.41, 5.74) is 1.80. The van der Waals surface area contributed by atoms with E-state index in [0.717, 1.165) is 11.1 Å². The fourth-order valence-corrected chi connectivity index (χ4v) is 3.83. The van der Waals surface area contributed by atoms with Gasteiger partial charge in [-0.05, 0) is 35.4 Å². The summed E-state index contributed by atoms with van der Waals surface area (Å²) < 4.78 is 12.3. The van der Waals surface area contributed by atoms with Gasteiger partial charge in [-0.15, -0.1) is 0 Å². The molecule has 0 saturated carbocycles. The van der Waals surface area contributed by atoms with Crippen molar-refractivity contribution < 1.29 is 14.3 Å². The smallest absolute Gasteiger partial charge is 0.205 e. The Hall–Kier alpha value is -3.42. The summed E-state index contributed by atoms with van der Waals surface area (Å²) in [6, 6.07) is 26.2. The summed E-state index contributed by atoms with van der Waals surface area (Å²) in [5.74, 6) is 0.517. The Morgan fingerprint density at radius 2 is 1.48 bits per heavy atom. The predicted octanol–water partition coefficient (Wildman–Crippen LogP) is 4.38. The van der Waals surface area contributed by atoms with E-state index in [9.17, 15) is 4.79 Å². The number of hydrogen-bond acceptors (Lipinski definition) is 4. The monoisotopic (exact) mass is 353 g/mol. The first kappa shape index (κ1) is 15.8. The first-order chi connectivity index (χ1) is 13.2. The highest BCUT2D eigenvalue weighted by Gasteiger charge is 2.71. The van der Waals surface area contributed by atoms with Gasteiger partial charge in [0.25, 0.3) is 0 Å². The summed E-state index contributed by atoms with van der Waals surface area (Å²) in [6.07, 6.45) is -0.932. The van der Waals surface area contributed by atoms with Gasteiger partial charge in [-0.1, -0.05) is 54.6 Å². The number of nitrogens with zero attached hydrogens (tertiary/aromatic N) is 1. The highest BCUT2D eigenvalue weighted by molar-refractivity contribution is 6.08. The maximum atomic E-state index is 13.4. The topological polar surface area (TPSA) is 62.6 Å². The number of benzene rings is 3. The van der Waals surface area contributed by atoms with Crippen LogP contribution in [0.25, 0.3) is 0 Å². The summed E-state index contributed by atoms with van der Waals surface area (Å²) in [6.45, 7) is 0. The van der Waals surface area contributed by atoms with Gasteiger partial charge in [0, 0.05) is 0 Å². The number of hydrogen-bond donors (Lipinski definition) is 0. The number of para-hydroxylation sites is 1. The van der Waals surface area contributed by atoms with E-state index in [1.54, 1.807) is 18.2 Å². The van der Waals surface area contributed by atoms with Crippen molar-refractivity contribution >= 4 is 5.78 Å². The van der Waals surface area contributed by atoms with Crippen LogP contribution in [0.4, 0.5) is 0 Å². The number of rotatable bonds is 2. The Morgan fingerprint density at radius 1 is 0.815 bits per heavy atom. The van der Waals surface area contributed by atoms with Gasteiger partial charge >= 0.3 is 0 Å². The van der Waals surface area contributed by atoms with Crippen LogP contribution in [-0.4, -0.2) is 11.4 Å². The van der Waals surface area contributed by atoms with E-state index in [4.69, 9.17) is 14.7 Å². The molecule has 4 heteroatoms. The Labute approximate surface area is 156 Å². The van der Waals surface area contributed by atoms with Gasteiger partial charge in [-0.2, -0.15) is 5.26 Å². The van der Waals surface area contributed by atoms with Crippen molar-refractivity contribution in [2.24, 2.45) is 0 Å². The molecule has 0 amide bonds. The van der Waals surface area contributed by atoms with Gasteiger partial charge in [0.1, 0.15) is 11.9 Å². The minimum Gasteiger partial charge on any atom is -0.481 e. The number of carbonyl (C=O) groups is 1. The summed E-state index contributed by atoms with van der Waals surface area (Å²) in [4.78, 5) is 13.4. The van der Waals surface area contributed by atoms with E-state index >= 15 is 0 Å². The molecule has 2 aliphatic heterocycles.